The summed E-state index contributed by atoms with van der Waals surface area (Å²) in [6.07, 6.45) is 3.29. The molecule has 7 nitrogen and oxygen atoms in total. The predicted molar refractivity (Wildman–Crippen MR) is 101 cm³/mol. The first kappa shape index (κ1) is 18.0. The average Bonchev–Trinajstić information content (AvgIpc) is 3.19. The van der Waals surface area contributed by atoms with Gasteiger partial charge in [-0.15, -0.1) is 0 Å². The van der Waals surface area contributed by atoms with Gasteiger partial charge in [0.2, 0.25) is 5.91 Å². The van der Waals surface area contributed by atoms with Crippen molar-refractivity contribution in [1.29, 1.82) is 0 Å². The molecule has 1 aromatic carbocycles. The standard InChI is InChI=1S/C20H26N4O3/c1-12-21-16-5-4-14(10-17(16)22-12)19(26)24-9-8-20(27-3)7-6-15(11-18(20)24)23-13(2)25/h4-5,10,15,18H,6-9,11H2,1-3H3,(H,21,22)(H,23,25)/t15-,18+,20-/m1/s1. The Labute approximate surface area is 158 Å². The number of aryl methyl sites for hydroxylation is 1. The molecule has 2 aliphatic rings. The average molecular weight is 370 g/mol. The molecule has 0 bridgehead atoms. The van der Waals surface area contributed by atoms with Crippen molar-refractivity contribution in [3.8, 4) is 0 Å². The molecule has 0 spiro atoms. The maximum absolute atomic E-state index is 13.3. The maximum atomic E-state index is 13.3. The third-order valence-electron chi connectivity index (χ3n) is 6.11. The minimum absolute atomic E-state index is 0.0107. The first-order valence-corrected chi connectivity index (χ1v) is 9.51. The van der Waals surface area contributed by atoms with Crippen LogP contribution < -0.4 is 5.32 Å². The summed E-state index contributed by atoms with van der Waals surface area (Å²) < 4.78 is 5.92. The van der Waals surface area contributed by atoms with Gasteiger partial charge in [0.1, 0.15) is 5.82 Å². The largest absolute Gasteiger partial charge is 0.376 e. The van der Waals surface area contributed by atoms with Gasteiger partial charge < -0.3 is 19.9 Å². The van der Waals surface area contributed by atoms with Crippen LogP contribution in [-0.2, 0) is 9.53 Å². The molecule has 7 heteroatoms. The Balaban J connectivity index is 1.61. The molecule has 2 N–H and O–H groups in total. The second-order valence-corrected chi connectivity index (χ2v) is 7.76. The van der Waals surface area contributed by atoms with Crippen LogP contribution in [0.3, 0.4) is 0 Å². The van der Waals surface area contributed by atoms with Crippen molar-refractivity contribution in [2.24, 2.45) is 0 Å². The van der Waals surface area contributed by atoms with Gasteiger partial charge in [0.15, 0.2) is 0 Å². The van der Waals surface area contributed by atoms with E-state index in [1.54, 1.807) is 7.11 Å². The van der Waals surface area contributed by atoms with Gasteiger partial charge in [-0.05, 0) is 50.8 Å². The van der Waals surface area contributed by atoms with E-state index in [1.165, 1.54) is 6.92 Å². The second-order valence-electron chi connectivity index (χ2n) is 7.76. The molecule has 2 aromatic rings. The van der Waals surface area contributed by atoms with Gasteiger partial charge in [-0.1, -0.05) is 0 Å². The number of nitrogens with zero attached hydrogens (tertiary/aromatic N) is 2. The molecule has 0 radical (unpaired) electrons. The molecule has 1 saturated carbocycles. The Bertz CT molecular complexity index is 892. The lowest BCUT2D eigenvalue weighted by Crippen LogP contribution is -2.55. The highest BCUT2D eigenvalue weighted by molar-refractivity contribution is 5.97. The number of imidazole rings is 1. The van der Waals surface area contributed by atoms with Crippen molar-refractivity contribution in [2.45, 2.75) is 57.2 Å². The van der Waals surface area contributed by atoms with E-state index in [2.05, 4.69) is 15.3 Å². The number of carbonyl (C=O) groups excluding carboxylic acids is 2. The summed E-state index contributed by atoms with van der Waals surface area (Å²) in [4.78, 5) is 34.3. The van der Waals surface area contributed by atoms with Crippen LogP contribution in [0.1, 0.15) is 48.8 Å². The number of aromatic nitrogens is 2. The molecule has 27 heavy (non-hydrogen) atoms. The summed E-state index contributed by atoms with van der Waals surface area (Å²) in [5.74, 6) is 0.817. The van der Waals surface area contributed by atoms with Gasteiger partial charge in [0, 0.05) is 32.2 Å². The zero-order valence-electron chi connectivity index (χ0n) is 16.0. The smallest absolute Gasteiger partial charge is 0.254 e. The van der Waals surface area contributed by atoms with E-state index < -0.39 is 0 Å². The summed E-state index contributed by atoms with van der Waals surface area (Å²) in [6.45, 7) is 4.11. The van der Waals surface area contributed by atoms with E-state index in [0.29, 0.717) is 12.1 Å². The van der Waals surface area contributed by atoms with Crippen molar-refractivity contribution < 1.29 is 14.3 Å². The molecule has 144 valence electrons. The highest BCUT2D eigenvalue weighted by Crippen LogP contribution is 2.43. The lowest BCUT2D eigenvalue weighted by atomic mass is 9.78. The summed E-state index contributed by atoms with van der Waals surface area (Å²) in [5.41, 5.74) is 2.08. The number of likely N-dealkylation sites (tertiary alicyclic amines) is 1. The molecule has 1 saturated heterocycles. The number of benzene rings is 1. The van der Waals surface area contributed by atoms with E-state index in [0.717, 1.165) is 42.5 Å². The van der Waals surface area contributed by atoms with Gasteiger partial charge in [-0.25, -0.2) is 4.98 Å². The first-order chi connectivity index (χ1) is 12.9. The van der Waals surface area contributed by atoms with Crippen LogP contribution in [-0.4, -0.2) is 58.0 Å². The number of H-pyrrole nitrogens is 1. The third kappa shape index (κ3) is 3.10. The van der Waals surface area contributed by atoms with Crippen LogP contribution in [0.25, 0.3) is 11.0 Å². The van der Waals surface area contributed by atoms with Crippen LogP contribution in [0, 0.1) is 6.92 Å². The van der Waals surface area contributed by atoms with Gasteiger partial charge in [-0.2, -0.15) is 0 Å². The fourth-order valence-corrected chi connectivity index (χ4v) is 4.79. The predicted octanol–water partition coefficient (Wildman–Crippen LogP) is 2.16. The van der Waals surface area contributed by atoms with Crippen molar-refractivity contribution >= 4 is 22.8 Å². The third-order valence-corrected chi connectivity index (χ3v) is 6.11. The molecular weight excluding hydrogens is 344 g/mol. The van der Waals surface area contributed by atoms with Crippen LogP contribution in [0.2, 0.25) is 0 Å². The van der Waals surface area contributed by atoms with Gasteiger partial charge in [0.25, 0.3) is 5.91 Å². The monoisotopic (exact) mass is 370 g/mol. The van der Waals surface area contributed by atoms with Gasteiger partial charge in [-0.3, -0.25) is 9.59 Å². The van der Waals surface area contributed by atoms with Crippen molar-refractivity contribution in [3.05, 3.63) is 29.6 Å². The zero-order valence-corrected chi connectivity index (χ0v) is 16.0. The topological polar surface area (TPSA) is 87.3 Å². The quantitative estimate of drug-likeness (QED) is 0.867. The Kier molecular flexibility index (Phi) is 4.42. The number of aromatic amines is 1. The summed E-state index contributed by atoms with van der Waals surface area (Å²) >= 11 is 0. The zero-order chi connectivity index (χ0) is 19.2. The van der Waals surface area contributed by atoms with Gasteiger partial charge >= 0.3 is 0 Å². The van der Waals surface area contributed by atoms with E-state index in [-0.39, 0.29) is 29.5 Å². The maximum Gasteiger partial charge on any atom is 0.254 e. The first-order valence-electron chi connectivity index (χ1n) is 9.51. The van der Waals surface area contributed by atoms with Crippen LogP contribution in [0.5, 0.6) is 0 Å². The second kappa shape index (κ2) is 6.64. The minimum Gasteiger partial charge on any atom is -0.376 e. The van der Waals surface area contributed by atoms with Gasteiger partial charge in [0.05, 0.1) is 22.7 Å². The molecule has 0 unspecified atom stereocenters. The highest BCUT2D eigenvalue weighted by atomic mass is 16.5. The molecule has 1 aliphatic heterocycles. The fourth-order valence-electron chi connectivity index (χ4n) is 4.79. The van der Waals surface area contributed by atoms with E-state index in [1.807, 2.05) is 30.0 Å². The molecule has 3 atom stereocenters. The van der Waals surface area contributed by atoms with E-state index in [9.17, 15) is 9.59 Å². The Morgan fingerprint density at radius 2 is 2.19 bits per heavy atom. The normalized spacial score (nSPS) is 27.6. The fraction of sp³-hybridized carbons (Fsp3) is 0.550. The molecule has 2 amide bonds. The van der Waals surface area contributed by atoms with Crippen molar-refractivity contribution in [1.82, 2.24) is 20.2 Å². The van der Waals surface area contributed by atoms with Crippen molar-refractivity contribution in [2.75, 3.05) is 13.7 Å². The molecule has 2 heterocycles. The Morgan fingerprint density at radius 3 is 2.93 bits per heavy atom. The molecule has 1 aliphatic carbocycles. The minimum atomic E-state index is -0.306. The Morgan fingerprint density at radius 1 is 1.37 bits per heavy atom. The summed E-state index contributed by atoms with van der Waals surface area (Å²) in [6, 6.07) is 5.65. The number of nitrogens with one attached hydrogen (secondary N) is 2. The van der Waals surface area contributed by atoms with Crippen molar-refractivity contribution in [3.63, 3.8) is 0 Å². The lowest BCUT2D eigenvalue weighted by molar-refractivity contribution is -0.121. The number of amides is 2. The molecule has 2 fully saturated rings. The summed E-state index contributed by atoms with van der Waals surface area (Å²) in [7, 11) is 1.74. The SMILES string of the molecule is CO[C@@]12CC[C@@H](NC(C)=O)C[C@@H]1N(C(=O)c1ccc3nc(C)[nH]c3c1)CC2. The van der Waals surface area contributed by atoms with E-state index in [4.69, 9.17) is 4.74 Å². The number of rotatable bonds is 3. The molecule has 1 aromatic heterocycles. The number of fused-ring (bicyclic) bond motifs is 2. The lowest BCUT2D eigenvalue weighted by Gasteiger charge is -2.43. The highest BCUT2D eigenvalue weighted by Gasteiger charge is 2.52. The summed E-state index contributed by atoms with van der Waals surface area (Å²) in [5, 5.41) is 3.02. The number of methoxy groups -OCH3 is 1. The van der Waals surface area contributed by atoms with E-state index >= 15 is 0 Å². The molecular formula is C20H26N4O3. The number of hydrogen-bond donors (Lipinski definition) is 2. The van der Waals surface area contributed by atoms with Crippen LogP contribution in [0.15, 0.2) is 18.2 Å². The number of hydrogen-bond acceptors (Lipinski definition) is 4. The van der Waals surface area contributed by atoms with Crippen LogP contribution in [0.4, 0.5) is 0 Å². The Hall–Kier alpha value is -2.41. The number of carbonyl (C=O) groups is 2. The van der Waals surface area contributed by atoms with Crippen LogP contribution >= 0.6 is 0 Å². The molecule has 4 rings (SSSR count). The number of ether oxygens (including phenoxy) is 1.